The maximum Gasteiger partial charge on any atom is 0.256 e. The molecule has 1 aromatic rings. The van der Waals surface area contributed by atoms with E-state index in [9.17, 15) is 4.79 Å². The Bertz CT molecular complexity index is 569. The summed E-state index contributed by atoms with van der Waals surface area (Å²) in [6.45, 7) is 1.05. The number of nitrogens with zero attached hydrogens (tertiary/aromatic N) is 2. The van der Waals surface area contributed by atoms with Crippen LogP contribution >= 0.6 is 46.3 Å². The number of thioether (sulfide) groups is 1. The van der Waals surface area contributed by atoms with Crippen LogP contribution in [0.1, 0.15) is 23.2 Å². The van der Waals surface area contributed by atoms with Gasteiger partial charge in [-0.05, 0) is 25.2 Å². The van der Waals surface area contributed by atoms with E-state index in [1.807, 2.05) is 6.26 Å². The maximum atomic E-state index is 12.4. The standard InChI is InChI=1S/C12H15Cl2N3O2S2/c1-20-12(11(15)16-19)2-4-17(5-3-12)10(18)7-6-8(13)21-9(7)14/h6,19H,2-5H2,1H3,(H2,15,16). The van der Waals surface area contributed by atoms with Crippen molar-refractivity contribution < 1.29 is 10.0 Å². The second-order valence-electron chi connectivity index (χ2n) is 4.71. The third-order valence-corrected chi connectivity index (χ3v) is 6.60. The number of thiophene rings is 1. The summed E-state index contributed by atoms with van der Waals surface area (Å²) in [5, 5.41) is 12.0. The highest BCUT2D eigenvalue weighted by Crippen LogP contribution is 2.37. The highest BCUT2D eigenvalue weighted by atomic mass is 35.5. The van der Waals surface area contributed by atoms with Crippen molar-refractivity contribution in [2.45, 2.75) is 17.6 Å². The first-order chi connectivity index (χ1) is 9.93. The lowest BCUT2D eigenvalue weighted by Crippen LogP contribution is -2.51. The third-order valence-electron chi connectivity index (χ3n) is 3.71. The van der Waals surface area contributed by atoms with Gasteiger partial charge in [-0.25, -0.2) is 0 Å². The summed E-state index contributed by atoms with van der Waals surface area (Å²) in [5.74, 6) is 0.0797. The van der Waals surface area contributed by atoms with Crippen LogP contribution in [0.25, 0.3) is 0 Å². The minimum absolute atomic E-state index is 0.127. The predicted molar refractivity (Wildman–Crippen MR) is 89.1 cm³/mol. The Kier molecular flexibility index (Phi) is 5.29. The van der Waals surface area contributed by atoms with Gasteiger partial charge in [-0.15, -0.1) is 11.3 Å². The van der Waals surface area contributed by atoms with Gasteiger partial charge in [0.1, 0.15) is 4.34 Å². The molecule has 0 unspecified atom stereocenters. The Balaban J connectivity index is 2.10. The number of hydrogen-bond donors (Lipinski definition) is 2. The Morgan fingerprint density at radius 3 is 2.57 bits per heavy atom. The molecule has 5 nitrogen and oxygen atoms in total. The van der Waals surface area contributed by atoms with E-state index in [-0.39, 0.29) is 11.7 Å². The lowest BCUT2D eigenvalue weighted by Gasteiger charge is -2.39. The van der Waals surface area contributed by atoms with Crippen LogP contribution in [0.4, 0.5) is 0 Å². The van der Waals surface area contributed by atoms with Gasteiger partial charge in [0.25, 0.3) is 5.91 Å². The summed E-state index contributed by atoms with van der Waals surface area (Å²) in [6, 6.07) is 1.59. The number of rotatable bonds is 3. The molecule has 1 saturated heterocycles. The zero-order valence-electron chi connectivity index (χ0n) is 11.3. The van der Waals surface area contributed by atoms with E-state index in [1.54, 1.807) is 22.7 Å². The smallest absolute Gasteiger partial charge is 0.256 e. The van der Waals surface area contributed by atoms with E-state index in [1.165, 1.54) is 11.3 Å². The average molecular weight is 368 g/mol. The minimum Gasteiger partial charge on any atom is -0.409 e. The van der Waals surface area contributed by atoms with E-state index in [2.05, 4.69) is 5.16 Å². The van der Waals surface area contributed by atoms with Gasteiger partial charge in [-0.2, -0.15) is 11.8 Å². The van der Waals surface area contributed by atoms with Crippen LogP contribution in [-0.2, 0) is 0 Å². The molecule has 0 aromatic carbocycles. The van der Waals surface area contributed by atoms with E-state index in [0.29, 0.717) is 40.2 Å². The maximum absolute atomic E-state index is 12.4. The molecule has 0 bridgehead atoms. The molecule has 116 valence electrons. The molecule has 2 rings (SSSR count). The summed E-state index contributed by atoms with van der Waals surface area (Å²) < 4.78 is 0.486. The number of piperidine rings is 1. The Hall–Kier alpha value is -0.630. The summed E-state index contributed by atoms with van der Waals surface area (Å²) in [7, 11) is 0. The molecule has 0 spiro atoms. The molecule has 21 heavy (non-hydrogen) atoms. The molecular weight excluding hydrogens is 353 g/mol. The van der Waals surface area contributed by atoms with Crippen LogP contribution in [0.15, 0.2) is 11.2 Å². The predicted octanol–water partition coefficient (Wildman–Crippen LogP) is 3.14. The average Bonchev–Trinajstić information content (AvgIpc) is 2.84. The van der Waals surface area contributed by atoms with E-state index < -0.39 is 4.75 Å². The van der Waals surface area contributed by atoms with Crippen LogP contribution in [0.3, 0.4) is 0 Å². The van der Waals surface area contributed by atoms with Crippen LogP contribution in [0.2, 0.25) is 8.67 Å². The number of hydrogen-bond acceptors (Lipinski definition) is 5. The second-order valence-corrected chi connectivity index (χ2v) is 8.19. The van der Waals surface area contributed by atoms with Crippen LogP contribution in [0.5, 0.6) is 0 Å². The van der Waals surface area contributed by atoms with Crippen molar-refractivity contribution in [3.8, 4) is 0 Å². The zero-order valence-corrected chi connectivity index (χ0v) is 14.5. The van der Waals surface area contributed by atoms with Gasteiger partial charge in [-0.1, -0.05) is 28.4 Å². The van der Waals surface area contributed by atoms with Crippen molar-refractivity contribution in [1.82, 2.24) is 4.90 Å². The molecule has 0 aliphatic carbocycles. The fraction of sp³-hybridized carbons (Fsp3) is 0.500. The third kappa shape index (κ3) is 3.26. The summed E-state index contributed by atoms with van der Waals surface area (Å²) in [4.78, 5) is 14.2. The van der Waals surface area contributed by atoms with E-state index >= 15 is 0 Å². The number of oxime groups is 1. The van der Waals surface area contributed by atoms with Crippen LogP contribution in [0, 0.1) is 0 Å². The Morgan fingerprint density at radius 1 is 1.52 bits per heavy atom. The molecule has 0 atom stereocenters. The summed E-state index contributed by atoms with van der Waals surface area (Å²) in [6.07, 6.45) is 3.18. The molecular formula is C12H15Cl2N3O2S2. The number of amidine groups is 1. The molecule has 0 radical (unpaired) electrons. The van der Waals surface area contributed by atoms with Gasteiger partial charge in [0, 0.05) is 13.1 Å². The number of likely N-dealkylation sites (tertiary alicyclic amines) is 1. The van der Waals surface area contributed by atoms with E-state index in [4.69, 9.17) is 34.1 Å². The van der Waals surface area contributed by atoms with Gasteiger partial charge in [0.05, 0.1) is 14.6 Å². The molecule has 1 amide bonds. The highest BCUT2D eigenvalue weighted by molar-refractivity contribution is 8.00. The molecule has 1 aliphatic heterocycles. The molecule has 2 heterocycles. The van der Waals surface area contributed by atoms with Crippen molar-refractivity contribution in [3.63, 3.8) is 0 Å². The number of amides is 1. The molecule has 9 heteroatoms. The van der Waals surface area contributed by atoms with Gasteiger partial charge in [0.2, 0.25) is 0 Å². The van der Waals surface area contributed by atoms with Crippen molar-refractivity contribution in [1.29, 1.82) is 0 Å². The molecule has 1 fully saturated rings. The molecule has 1 aliphatic rings. The normalized spacial score (nSPS) is 18.8. The van der Waals surface area contributed by atoms with Crippen LogP contribution in [-0.4, -0.2) is 45.9 Å². The first kappa shape index (κ1) is 16.7. The van der Waals surface area contributed by atoms with Gasteiger partial charge in [0.15, 0.2) is 5.84 Å². The van der Waals surface area contributed by atoms with Gasteiger partial charge in [-0.3, -0.25) is 4.79 Å². The first-order valence-corrected chi connectivity index (χ1v) is 9.00. The molecule has 1 aromatic heterocycles. The SMILES string of the molecule is CSC1(/C(N)=N/O)CCN(C(=O)c2cc(Cl)sc2Cl)CC1. The minimum atomic E-state index is -0.415. The van der Waals surface area contributed by atoms with Crippen molar-refractivity contribution >= 4 is 58.0 Å². The highest BCUT2D eigenvalue weighted by Gasteiger charge is 2.39. The monoisotopic (exact) mass is 367 g/mol. The van der Waals surface area contributed by atoms with Crippen LogP contribution < -0.4 is 5.73 Å². The zero-order chi connectivity index (χ0) is 15.6. The fourth-order valence-corrected chi connectivity index (χ4v) is 4.67. The second kappa shape index (κ2) is 6.64. The topological polar surface area (TPSA) is 78.9 Å². The van der Waals surface area contributed by atoms with Gasteiger partial charge < -0.3 is 15.8 Å². The summed E-state index contributed by atoms with van der Waals surface area (Å²) in [5.41, 5.74) is 6.23. The number of carbonyl (C=O) groups is 1. The quantitative estimate of drug-likeness (QED) is 0.372. The molecule has 0 saturated carbocycles. The number of carbonyl (C=O) groups excluding carboxylic acids is 1. The lowest BCUT2D eigenvalue weighted by molar-refractivity contribution is 0.0718. The lowest BCUT2D eigenvalue weighted by atomic mass is 9.94. The Labute approximate surface area is 141 Å². The van der Waals surface area contributed by atoms with Crippen molar-refractivity contribution in [2.75, 3.05) is 19.3 Å². The number of nitrogens with two attached hydrogens (primary N) is 1. The number of halogens is 2. The van der Waals surface area contributed by atoms with Crippen molar-refractivity contribution in [3.05, 3.63) is 20.3 Å². The van der Waals surface area contributed by atoms with Crippen molar-refractivity contribution in [2.24, 2.45) is 10.9 Å². The Morgan fingerprint density at radius 2 is 2.14 bits per heavy atom. The van der Waals surface area contributed by atoms with Gasteiger partial charge >= 0.3 is 0 Å². The first-order valence-electron chi connectivity index (χ1n) is 6.21. The fourth-order valence-electron chi connectivity index (χ4n) is 2.38. The molecule has 3 N–H and O–H groups in total. The van der Waals surface area contributed by atoms with E-state index in [0.717, 1.165) is 0 Å². The largest absolute Gasteiger partial charge is 0.409 e. The summed E-state index contributed by atoms with van der Waals surface area (Å²) >= 11 is 14.6.